The van der Waals surface area contributed by atoms with Crippen LogP contribution in [0.1, 0.15) is 47.7 Å². The van der Waals surface area contributed by atoms with E-state index in [0.29, 0.717) is 36.4 Å². The van der Waals surface area contributed by atoms with Crippen molar-refractivity contribution < 1.29 is 14.3 Å². The third-order valence-electron chi connectivity index (χ3n) is 5.01. The van der Waals surface area contributed by atoms with Crippen LogP contribution in [-0.2, 0) is 4.79 Å². The van der Waals surface area contributed by atoms with Crippen molar-refractivity contribution >= 4 is 17.5 Å². The lowest BCUT2D eigenvalue weighted by Crippen LogP contribution is -2.39. The van der Waals surface area contributed by atoms with Crippen LogP contribution in [0, 0.1) is 0 Å². The van der Waals surface area contributed by atoms with Gasteiger partial charge >= 0.3 is 0 Å². The summed E-state index contributed by atoms with van der Waals surface area (Å²) in [6, 6.07) is 6.93. The molecule has 2 amide bonds. The van der Waals surface area contributed by atoms with Crippen molar-refractivity contribution in [3.8, 4) is 5.75 Å². The van der Waals surface area contributed by atoms with Crippen LogP contribution in [-0.4, -0.2) is 47.1 Å². The molecular weight excluding hydrogens is 356 g/mol. The van der Waals surface area contributed by atoms with Gasteiger partial charge in [-0.05, 0) is 43.5 Å². The maximum atomic E-state index is 12.6. The number of nitrogens with zero attached hydrogens (tertiary/aromatic N) is 2. The fraction of sp³-hybridized carbons (Fsp3) is 0.381. The second kappa shape index (κ2) is 9.21. The number of aromatic nitrogens is 2. The van der Waals surface area contributed by atoms with Gasteiger partial charge in [0.15, 0.2) is 0 Å². The van der Waals surface area contributed by atoms with Crippen LogP contribution in [0.4, 0.5) is 5.69 Å². The number of H-pyrrole nitrogens is 1. The number of carbonyl (C=O) groups excluding carboxylic acids is 2. The van der Waals surface area contributed by atoms with E-state index in [9.17, 15) is 9.59 Å². The fourth-order valence-electron chi connectivity index (χ4n) is 3.47. The highest BCUT2D eigenvalue weighted by atomic mass is 16.5. The minimum atomic E-state index is -0.208. The minimum Gasteiger partial charge on any atom is -0.497 e. The molecule has 2 heterocycles. The van der Waals surface area contributed by atoms with Gasteiger partial charge < -0.3 is 15.0 Å². The van der Waals surface area contributed by atoms with E-state index >= 15 is 0 Å². The Morgan fingerprint density at radius 3 is 2.89 bits per heavy atom. The van der Waals surface area contributed by atoms with E-state index in [1.165, 1.54) is 0 Å². The van der Waals surface area contributed by atoms with Crippen molar-refractivity contribution in [2.45, 2.75) is 31.6 Å². The van der Waals surface area contributed by atoms with E-state index in [1.807, 2.05) is 4.90 Å². The lowest BCUT2D eigenvalue weighted by atomic mass is 9.93. The Kier molecular flexibility index (Phi) is 6.47. The van der Waals surface area contributed by atoms with Crippen molar-refractivity contribution in [2.75, 3.05) is 25.5 Å². The van der Waals surface area contributed by atoms with Crippen LogP contribution in [0.2, 0.25) is 0 Å². The zero-order valence-corrected chi connectivity index (χ0v) is 16.1. The lowest BCUT2D eigenvalue weighted by Gasteiger charge is -2.32. The molecule has 1 aliphatic heterocycles. The second-order valence-electron chi connectivity index (χ2n) is 6.89. The summed E-state index contributed by atoms with van der Waals surface area (Å²) in [6.45, 7) is 5.08. The summed E-state index contributed by atoms with van der Waals surface area (Å²) in [7, 11) is 1.59. The minimum absolute atomic E-state index is 0.120. The molecule has 0 spiro atoms. The molecule has 1 fully saturated rings. The van der Waals surface area contributed by atoms with Crippen LogP contribution in [0.25, 0.3) is 0 Å². The van der Waals surface area contributed by atoms with E-state index in [0.717, 1.165) is 25.1 Å². The Balaban J connectivity index is 1.67. The summed E-state index contributed by atoms with van der Waals surface area (Å²) >= 11 is 0. The number of hydrogen-bond acceptors (Lipinski definition) is 4. The highest BCUT2D eigenvalue weighted by Crippen LogP contribution is 2.31. The number of aromatic amines is 1. The van der Waals surface area contributed by atoms with E-state index in [1.54, 1.807) is 43.6 Å². The molecule has 28 heavy (non-hydrogen) atoms. The molecule has 7 heteroatoms. The van der Waals surface area contributed by atoms with E-state index in [4.69, 9.17) is 4.74 Å². The van der Waals surface area contributed by atoms with Crippen LogP contribution in [0.15, 0.2) is 43.1 Å². The van der Waals surface area contributed by atoms with Crippen LogP contribution in [0.5, 0.6) is 5.75 Å². The van der Waals surface area contributed by atoms with Gasteiger partial charge in [-0.3, -0.25) is 14.7 Å². The fourth-order valence-corrected chi connectivity index (χ4v) is 3.47. The molecule has 0 saturated carbocycles. The number of ether oxygens (including phenoxy) is 1. The molecule has 7 nitrogen and oxygen atoms in total. The van der Waals surface area contributed by atoms with E-state index < -0.39 is 0 Å². The van der Waals surface area contributed by atoms with Gasteiger partial charge in [0.05, 0.1) is 24.7 Å². The first-order valence-electron chi connectivity index (χ1n) is 9.49. The smallest absolute Gasteiger partial charge is 0.255 e. The van der Waals surface area contributed by atoms with Crippen LogP contribution < -0.4 is 10.1 Å². The van der Waals surface area contributed by atoms with Crippen molar-refractivity contribution in [1.29, 1.82) is 0 Å². The molecule has 1 saturated heterocycles. The second-order valence-corrected chi connectivity index (χ2v) is 6.89. The van der Waals surface area contributed by atoms with Crippen molar-refractivity contribution in [1.82, 2.24) is 15.1 Å². The van der Waals surface area contributed by atoms with Gasteiger partial charge in [0, 0.05) is 31.0 Å². The van der Waals surface area contributed by atoms with Crippen LogP contribution >= 0.6 is 0 Å². The third kappa shape index (κ3) is 4.60. The summed E-state index contributed by atoms with van der Waals surface area (Å²) < 4.78 is 5.12. The van der Waals surface area contributed by atoms with Gasteiger partial charge in [0.1, 0.15) is 5.75 Å². The number of benzene rings is 1. The SMILES string of the molecule is C=CCCC(=O)N1CCC[C@H](c2[nH]ncc2NC(=O)c2ccc(OC)cc2)C1. The molecule has 0 bridgehead atoms. The predicted octanol–water partition coefficient (Wildman–Crippen LogP) is 3.34. The standard InChI is InChI=1S/C21H26N4O3/c1-3-4-7-19(26)25-12-5-6-16(14-25)20-18(13-22-24-20)23-21(27)15-8-10-17(28-2)11-9-15/h3,8-11,13,16H,1,4-7,12,14H2,2H3,(H,22,24)(H,23,27)/t16-/m0/s1. The number of rotatable bonds is 7. The number of likely N-dealkylation sites (tertiary alicyclic amines) is 1. The van der Waals surface area contributed by atoms with E-state index in [-0.39, 0.29) is 17.7 Å². The molecule has 1 aromatic carbocycles. The zero-order chi connectivity index (χ0) is 19.9. The lowest BCUT2D eigenvalue weighted by molar-refractivity contribution is -0.132. The highest BCUT2D eigenvalue weighted by Gasteiger charge is 2.27. The molecule has 2 aromatic rings. The first-order valence-corrected chi connectivity index (χ1v) is 9.49. The third-order valence-corrected chi connectivity index (χ3v) is 5.01. The largest absolute Gasteiger partial charge is 0.497 e. The van der Waals surface area contributed by atoms with Crippen LogP contribution in [0.3, 0.4) is 0 Å². The molecule has 3 rings (SSSR count). The molecule has 0 radical (unpaired) electrons. The van der Waals surface area contributed by atoms with Gasteiger partial charge in [-0.25, -0.2) is 0 Å². The van der Waals surface area contributed by atoms with Gasteiger partial charge in [0.25, 0.3) is 5.91 Å². The number of nitrogens with one attached hydrogen (secondary N) is 2. The predicted molar refractivity (Wildman–Crippen MR) is 108 cm³/mol. The molecule has 0 unspecified atom stereocenters. The summed E-state index contributed by atoms with van der Waals surface area (Å²) in [5, 5.41) is 10.1. The summed E-state index contributed by atoms with van der Waals surface area (Å²) in [5.41, 5.74) is 2.06. The first-order chi connectivity index (χ1) is 13.6. The van der Waals surface area contributed by atoms with Crippen molar-refractivity contribution in [2.24, 2.45) is 0 Å². The molecule has 1 atom stereocenters. The Hall–Kier alpha value is -3.09. The zero-order valence-electron chi connectivity index (χ0n) is 16.1. The Morgan fingerprint density at radius 1 is 1.39 bits per heavy atom. The topological polar surface area (TPSA) is 87.3 Å². The Bertz CT molecular complexity index is 828. The number of allylic oxidation sites excluding steroid dienone is 1. The maximum Gasteiger partial charge on any atom is 0.255 e. The summed E-state index contributed by atoms with van der Waals surface area (Å²) in [4.78, 5) is 26.8. The number of methoxy groups -OCH3 is 1. The van der Waals surface area contributed by atoms with Gasteiger partial charge in [0.2, 0.25) is 5.91 Å². The van der Waals surface area contributed by atoms with Crippen molar-refractivity contribution in [3.63, 3.8) is 0 Å². The summed E-state index contributed by atoms with van der Waals surface area (Å²) in [5.74, 6) is 0.757. The molecule has 2 N–H and O–H groups in total. The van der Waals surface area contributed by atoms with Gasteiger partial charge in [-0.15, -0.1) is 6.58 Å². The number of amides is 2. The monoisotopic (exact) mass is 382 g/mol. The normalized spacial score (nSPS) is 16.5. The van der Waals surface area contributed by atoms with Gasteiger partial charge in [-0.2, -0.15) is 5.10 Å². The number of carbonyl (C=O) groups is 2. The summed E-state index contributed by atoms with van der Waals surface area (Å²) in [6.07, 6.45) is 6.43. The number of anilines is 1. The maximum absolute atomic E-state index is 12.6. The van der Waals surface area contributed by atoms with E-state index in [2.05, 4.69) is 22.1 Å². The average molecular weight is 382 g/mol. The highest BCUT2D eigenvalue weighted by molar-refractivity contribution is 6.04. The molecule has 1 aromatic heterocycles. The Labute approximate surface area is 164 Å². The van der Waals surface area contributed by atoms with Gasteiger partial charge in [-0.1, -0.05) is 6.08 Å². The quantitative estimate of drug-likeness (QED) is 0.719. The number of piperidine rings is 1. The Morgan fingerprint density at radius 2 is 2.18 bits per heavy atom. The first kappa shape index (κ1) is 19.7. The molecule has 1 aliphatic rings. The number of hydrogen-bond donors (Lipinski definition) is 2. The average Bonchev–Trinajstić information content (AvgIpc) is 3.20. The molecular formula is C21H26N4O3. The molecule has 0 aliphatic carbocycles. The molecule has 148 valence electrons. The van der Waals surface area contributed by atoms with Crippen molar-refractivity contribution in [3.05, 3.63) is 54.4 Å².